The van der Waals surface area contributed by atoms with Crippen LogP contribution in [0.3, 0.4) is 0 Å². The number of hydrogen-bond acceptors (Lipinski definition) is 6. The van der Waals surface area contributed by atoms with Crippen molar-refractivity contribution in [3.63, 3.8) is 0 Å². The van der Waals surface area contributed by atoms with Crippen molar-refractivity contribution in [2.75, 3.05) is 50.0 Å². The molecule has 0 atom stereocenters. The topological polar surface area (TPSA) is 45.7 Å². The van der Waals surface area contributed by atoms with Gasteiger partial charge in [0.15, 0.2) is 5.13 Å². The van der Waals surface area contributed by atoms with Gasteiger partial charge in [0.2, 0.25) is 5.91 Å². The second-order valence-corrected chi connectivity index (χ2v) is 9.58. The number of morpholine rings is 1. The first-order valence-corrected chi connectivity index (χ1v) is 12.2. The molecule has 0 bridgehead atoms. The van der Waals surface area contributed by atoms with Gasteiger partial charge in [-0.15, -0.1) is 11.8 Å². The number of anilines is 1. The highest BCUT2D eigenvalue weighted by atomic mass is 35.5. The molecule has 0 unspecified atom stereocenters. The van der Waals surface area contributed by atoms with Crippen LogP contribution >= 0.6 is 34.7 Å². The third kappa shape index (κ3) is 5.53. The van der Waals surface area contributed by atoms with Crippen LogP contribution in [0.1, 0.15) is 6.42 Å². The van der Waals surface area contributed by atoms with Gasteiger partial charge in [0.25, 0.3) is 0 Å². The Hall–Kier alpha value is -1.64. The van der Waals surface area contributed by atoms with Crippen molar-refractivity contribution < 1.29 is 9.53 Å². The van der Waals surface area contributed by atoms with E-state index in [1.807, 2.05) is 41.3 Å². The van der Waals surface area contributed by atoms with Crippen LogP contribution in [-0.4, -0.2) is 60.9 Å². The Morgan fingerprint density at radius 3 is 2.73 bits per heavy atom. The third-order valence-electron chi connectivity index (χ3n) is 4.96. The molecule has 0 saturated carbocycles. The lowest BCUT2D eigenvalue weighted by Crippen LogP contribution is -2.43. The van der Waals surface area contributed by atoms with Gasteiger partial charge in [0.05, 0.1) is 22.9 Å². The fraction of sp³-hybridized carbons (Fsp3) is 0.364. The van der Waals surface area contributed by atoms with E-state index in [2.05, 4.69) is 17.0 Å². The van der Waals surface area contributed by atoms with E-state index in [0.717, 1.165) is 53.9 Å². The summed E-state index contributed by atoms with van der Waals surface area (Å²) >= 11 is 9.55. The molecule has 1 aliphatic rings. The number of amides is 1. The number of rotatable bonds is 8. The Morgan fingerprint density at radius 2 is 1.97 bits per heavy atom. The fourth-order valence-electron chi connectivity index (χ4n) is 3.32. The van der Waals surface area contributed by atoms with E-state index >= 15 is 0 Å². The standard InChI is InChI=1S/C22H24ClN3O2S2/c23-18-7-4-8-19-21(18)24-22(30-19)26(11-10-25-12-14-28-15-13-25)20(27)9-16-29-17-5-2-1-3-6-17/h1-8H,9-16H2. The van der Waals surface area contributed by atoms with Gasteiger partial charge >= 0.3 is 0 Å². The van der Waals surface area contributed by atoms with Crippen LogP contribution < -0.4 is 4.90 Å². The van der Waals surface area contributed by atoms with E-state index in [1.54, 1.807) is 11.8 Å². The maximum atomic E-state index is 13.2. The van der Waals surface area contributed by atoms with Crippen molar-refractivity contribution in [2.45, 2.75) is 11.3 Å². The van der Waals surface area contributed by atoms with Crippen LogP contribution in [-0.2, 0) is 9.53 Å². The van der Waals surface area contributed by atoms with Crippen LogP contribution in [0.2, 0.25) is 5.02 Å². The smallest absolute Gasteiger partial charge is 0.229 e. The number of benzene rings is 2. The Morgan fingerprint density at radius 1 is 1.17 bits per heavy atom. The molecular weight excluding hydrogens is 438 g/mol. The quantitative estimate of drug-likeness (QED) is 0.451. The molecule has 0 N–H and O–H groups in total. The fourth-order valence-corrected chi connectivity index (χ4v) is 5.49. The summed E-state index contributed by atoms with van der Waals surface area (Å²) in [4.78, 5) is 23.2. The van der Waals surface area contributed by atoms with Crippen molar-refractivity contribution >= 4 is 56.0 Å². The first-order valence-electron chi connectivity index (χ1n) is 10.0. The highest BCUT2D eigenvalue weighted by molar-refractivity contribution is 7.99. The van der Waals surface area contributed by atoms with Gasteiger partial charge in [0, 0.05) is 43.2 Å². The van der Waals surface area contributed by atoms with Gasteiger partial charge in [-0.05, 0) is 24.3 Å². The minimum absolute atomic E-state index is 0.0990. The average Bonchev–Trinajstić information content (AvgIpc) is 3.21. The number of carbonyl (C=O) groups is 1. The molecule has 1 saturated heterocycles. The summed E-state index contributed by atoms with van der Waals surface area (Å²) in [5, 5.41) is 1.34. The SMILES string of the molecule is O=C(CCSc1ccccc1)N(CCN1CCOCC1)c1nc2c(Cl)cccc2s1. The molecule has 30 heavy (non-hydrogen) atoms. The number of carbonyl (C=O) groups excluding carboxylic acids is 1. The summed E-state index contributed by atoms with van der Waals surface area (Å²) < 4.78 is 6.44. The summed E-state index contributed by atoms with van der Waals surface area (Å²) in [7, 11) is 0. The van der Waals surface area contributed by atoms with Crippen LogP contribution in [0.4, 0.5) is 5.13 Å². The lowest BCUT2D eigenvalue weighted by molar-refractivity contribution is -0.118. The van der Waals surface area contributed by atoms with Crippen molar-refractivity contribution in [1.29, 1.82) is 0 Å². The molecule has 2 aromatic carbocycles. The zero-order valence-corrected chi connectivity index (χ0v) is 19.0. The molecule has 4 rings (SSSR count). The molecule has 1 amide bonds. The van der Waals surface area contributed by atoms with Crippen LogP contribution in [0.15, 0.2) is 53.4 Å². The number of halogens is 1. The van der Waals surface area contributed by atoms with E-state index in [0.29, 0.717) is 18.0 Å². The van der Waals surface area contributed by atoms with E-state index in [1.165, 1.54) is 16.2 Å². The van der Waals surface area contributed by atoms with Crippen molar-refractivity contribution in [3.8, 4) is 0 Å². The number of para-hydroxylation sites is 1. The van der Waals surface area contributed by atoms with Crippen LogP contribution in [0.25, 0.3) is 10.2 Å². The predicted octanol–water partition coefficient (Wildman–Crippen LogP) is 4.80. The van der Waals surface area contributed by atoms with Gasteiger partial charge < -0.3 is 4.74 Å². The largest absolute Gasteiger partial charge is 0.379 e. The zero-order chi connectivity index (χ0) is 20.8. The lowest BCUT2D eigenvalue weighted by atomic mass is 10.3. The highest BCUT2D eigenvalue weighted by Crippen LogP contribution is 2.33. The number of hydrogen-bond donors (Lipinski definition) is 0. The van der Waals surface area contributed by atoms with Crippen molar-refractivity contribution in [2.24, 2.45) is 0 Å². The van der Waals surface area contributed by atoms with E-state index < -0.39 is 0 Å². The molecule has 0 spiro atoms. The molecule has 0 radical (unpaired) electrons. The molecule has 8 heteroatoms. The summed E-state index contributed by atoms with van der Waals surface area (Å²) in [5.74, 6) is 0.838. The Kier molecular flexibility index (Phi) is 7.62. The number of nitrogens with zero attached hydrogens (tertiary/aromatic N) is 3. The number of ether oxygens (including phenoxy) is 1. The predicted molar refractivity (Wildman–Crippen MR) is 126 cm³/mol. The summed E-state index contributed by atoms with van der Waals surface area (Å²) in [6.45, 7) is 4.73. The molecule has 1 aliphatic heterocycles. The van der Waals surface area contributed by atoms with Gasteiger partial charge in [-0.25, -0.2) is 4.98 Å². The monoisotopic (exact) mass is 461 g/mol. The molecule has 158 valence electrons. The van der Waals surface area contributed by atoms with E-state index in [-0.39, 0.29) is 5.91 Å². The normalized spacial score (nSPS) is 14.8. The third-order valence-corrected chi connectivity index (χ3v) is 7.32. The number of thioether (sulfide) groups is 1. The van der Waals surface area contributed by atoms with E-state index in [9.17, 15) is 4.79 Å². The maximum Gasteiger partial charge on any atom is 0.229 e. The van der Waals surface area contributed by atoms with Gasteiger partial charge in [-0.1, -0.05) is 47.2 Å². The molecule has 1 fully saturated rings. The Balaban J connectivity index is 1.46. The number of thiazole rings is 1. The lowest BCUT2D eigenvalue weighted by Gasteiger charge is -2.29. The van der Waals surface area contributed by atoms with Gasteiger partial charge in [-0.3, -0.25) is 14.6 Å². The Bertz CT molecular complexity index is 977. The second kappa shape index (κ2) is 10.6. The van der Waals surface area contributed by atoms with E-state index in [4.69, 9.17) is 21.3 Å². The first kappa shape index (κ1) is 21.6. The van der Waals surface area contributed by atoms with Crippen molar-refractivity contribution in [3.05, 3.63) is 53.6 Å². The second-order valence-electron chi connectivity index (χ2n) is 6.99. The minimum atomic E-state index is 0.0990. The number of aromatic nitrogens is 1. The van der Waals surface area contributed by atoms with Crippen molar-refractivity contribution in [1.82, 2.24) is 9.88 Å². The minimum Gasteiger partial charge on any atom is -0.379 e. The first-order chi connectivity index (χ1) is 14.7. The van der Waals surface area contributed by atoms with Crippen LogP contribution in [0.5, 0.6) is 0 Å². The van der Waals surface area contributed by atoms with Crippen LogP contribution in [0, 0.1) is 0 Å². The molecule has 3 aromatic rings. The van der Waals surface area contributed by atoms with Gasteiger partial charge in [-0.2, -0.15) is 0 Å². The molecule has 5 nitrogen and oxygen atoms in total. The molecule has 1 aromatic heterocycles. The van der Waals surface area contributed by atoms with Gasteiger partial charge in [0.1, 0.15) is 5.52 Å². The Labute approximate surface area is 190 Å². The average molecular weight is 462 g/mol. The maximum absolute atomic E-state index is 13.2. The summed E-state index contributed by atoms with van der Waals surface area (Å²) in [6.07, 6.45) is 0.465. The number of fused-ring (bicyclic) bond motifs is 1. The summed E-state index contributed by atoms with van der Waals surface area (Å²) in [5.41, 5.74) is 0.766. The molecular formula is C22H24ClN3O2S2. The highest BCUT2D eigenvalue weighted by Gasteiger charge is 2.22. The zero-order valence-electron chi connectivity index (χ0n) is 16.6. The molecule has 2 heterocycles. The summed E-state index contributed by atoms with van der Waals surface area (Å²) in [6, 6.07) is 15.9. The molecule has 0 aliphatic carbocycles.